The van der Waals surface area contributed by atoms with Gasteiger partial charge in [0.05, 0.1) is 6.04 Å². The molecule has 0 spiro atoms. The number of carbonyl (C=O) groups excluding carboxylic acids is 1. The summed E-state index contributed by atoms with van der Waals surface area (Å²) in [5.74, 6) is -0.195. The van der Waals surface area contributed by atoms with Gasteiger partial charge in [-0.2, -0.15) is 0 Å². The highest BCUT2D eigenvalue weighted by Crippen LogP contribution is 2.26. The van der Waals surface area contributed by atoms with Gasteiger partial charge < -0.3 is 15.7 Å². The predicted octanol–water partition coefficient (Wildman–Crippen LogP) is 1.71. The van der Waals surface area contributed by atoms with Crippen LogP contribution < -0.4 is 5.73 Å². The number of nitrogens with zero attached hydrogens (tertiary/aromatic N) is 1. The second-order valence-corrected chi connectivity index (χ2v) is 6.17. The summed E-state index contributed by atoms with van der Waals surface area (Å²) >= 11 is 0. The fourth-order valence-electron chi connectivity index (χ4n) is 2.82. The summed E-state index contributed by atoms with van der Waals surface area (Å²) in [6.07, 6.45) is 2.99. The van der Waals surface area contributed by atoms with Crippen molar-refractivity contribution in [1.29, 1.82) is 0 Å². The molecule has 0 bridgehead atoms. The second kappa shape index (κ2) is 7.62. The van der Waals surface area contributed by atoms with Crippen LogP contribution in [0.15, 0.2) is 0 Å². The minimum Gasteiger partial charge on any atom is -0.481 e. The second-order valence-electron chi connectivity index (χ2n) is 6.17. The van der Waals surface area contributed by atoms with Gasteiger partial charge in [-0.25, -0.2) is 0 Å². The molecule has 1 amide bonds. The molecule has 0 saturated carbocycles. The zero-order valence-corrected chi connectivity index (χ0v) is 12.8. The van der Waals surface area contributed by atoms with E-state index in [-0.39, 0.29) is 30.1 Å². The van der Waals surface area contributed by atoms with Crippen molar-refractivity contribution in [1.82, 2.24) is 4.90 Å². The smallest absolute Gasteiger partial charge is 0.303 e. The van der Waals surface area contributed by atoms with Crippen LogP contribution >= 0.6 is 0 Å². The van der Waals surface area contributed by atoms with Gasteiger partial charge in [0.1, 0.15) is 0 Å². The van der Waals surface area contributed by atoms with Crippen LogP contribution in [0.3, 0.4) is 0 Å². The molecule has 1 heterocycles. The van der Waals surface area contributed by atoms with Crippen molar-refractivity contribution in [2.45, 2.75) is 52.5 Å². The normalized spacial score (nSPS) is 24.0. The third-order valence-corrected chi connectivity index (χ3v) is 4.61. The van der Waals surface area contributed by atoms with Crippen molar-refractivity contribution in [3.8, 4) is 0 Å². The van der Waals surface area contributed by atoms with Crippen LogP contribution in [0.25, 0.3) is 0 Å². The average Bonchev–Trinajstić information content (AvgIpc) is 2.44. The van der Waals surface area contributed by atoms with Crippen molar-refractivity contribution in [3.05, 3.63) is 0 Å². The highest BCUT2D eigenvalue weighted by molar-refractivity contribution is 5.82. The van der Waals surface area contributed by atoms with Crippen LogP contribution in [0.5, 0.6) is 0 Å². The quantitative estimate of drug-likeness (QED) is 0.777. The lowest BCUT2D eigenvalue weighted by Crippen LogP contribution is -2.51. The molecule has 1 rings (SSSR count). The van der Waals surface area contributed by atoms with Gasteiger partial charge >= 0.3 is 5.97 Å². The standard InChI is InChI=1S/C15H28N2O3/c1-4-10(2)14(16)15(20)17-7-5-6-12(9-17)11(3)8-13(18)19/h10-12,14H,4-9,16H2,1-3H3,(H,18,19)/t10?,11?,12?,14-/m0/s1. The van der Waals surface area contributed by atoms with Gasteiger partial charge in [-0.15, -0.1) is 0 Å². The van der Waals surface area contributed by atoms with Gasteiger partial charge in [-0.3, -0.25) is 9.59 Å². The number of likely N-dealkylation sites (tertiary alicyclic amines) is 1. The molecular formula is C15H28N2O3. The summed E-state index contributed by atoms with van der Waals surface area (Å²) in [7, 11) is 0. The number of rotatable bonds is 6. The monoisotopic (exact) mass is 284 g/mol. The Morgan fingerprint density at radius 1 is 1.40 bits per heavy atom. The van der Waals surface area contributed by atoms with E-state index in [1.165, 1.54) is 0 Å². The van der Waals surface area contributed by atoms with E-state index in [0.717, 1.165) is 25.8 Å². The van der Waals surface area contributed by atoms with E-state index >= 15 is 0 Å². The molecule has 5 heteroatoms. The number of carboxylic acids is 1. The Hall–Kier alpha value is -1.10. The zero-order valence-electron chi connectivity index (χ0n) is 12.8. The summed E-state index contributed by atoms with van der Waals surface area (Å²) in [5, 5.41) is 8.88. The van der Waals surface area contributed by atoms with Gasteiger partial charge in [0, 0.05) is 19.5 Å². The summed E-state index contributed by atoms with van der Waals surface area (Å²) in [5.41, 5.74) is 6.02. The summed E-state index contributed by atoms with van der Waals surface area (Å²) < 4.78 is 0. The molecule has 3 unspecified atom stereocenters. The number of piperidine rings is 1. The molecule has 1 aliphatic rings. The Balaban J connectivity index is 2.60. The lowest BCUT2D eigenvalue weighted by molar-refractivity contribution is -0.139. The molecule has 0 aromatic heterocycles. The van der Waals surface area contributed by atoms with Gasteiger partial charge in [0.2, 0.25) is 5.91 Å². The fourth-order valence-corrected chi connectivity index (χ4v) is 2.82. The van der Waals surface area contributed by atoms with E-state index in [1.807, 2.05) is 25.7 Å². The predicted molar refractivity (Wildman–Crippen MR) is 78.2 cm³/mol. The number of aliphatic carboxylic acids is 1. The number of amides is 1. The SMILES string of the molecule is CCC(C)[C@H](N)C(=O)N1CCCC(C(C)CC(=O)O)C1. The Bertz CT molecular complexity index is 346. The average molecular weight is 284 g/mol. The molecule has 1 fully saturated rings. The van der Waals surface area contributed by atoms with Crippen LogP contribution in [-0.2, 0) is 9.59 Å². The molecule has 0 radical (unpaired) electrons. The highest BCUT2D eigenvalue weighted by atomic mass is 16.4. The number of hydrogen-bond acceptors (Lipinski definition) is 3. The molecule has 0 aromatic rings. The van der Waals surface area contributed by atoms with E-state index in [1.54, 1.807) is 0 Å². The highest BCUT2D eigenvalue weighted by Gasteiger charge is 2.31. The largest absolute Gasteiger partial charge is 0.481 e. The third kappa shape index (κ3) is 4.47. The van der Waals surface area contributed by atoms with E-state index in [9.17, 15) is 9.59 Å². The van der Waals surface area contributed by atoms with E-state index < -0.39 is 12.0 Å². The molecule has 20 heavy (non-hydrogen) atoms. The van der Waals surface area contributed by atoms with Gasteiger partial charge in [-0.1, -0.05) is 27.2 Å². The first-order chi connectivity index (χ1) is 9.36. The molecule has 0 aliphatic carbocycles. The van der Waals surface area contributed by atoms with Crippen LogP contribution in [0.1, 0.15) is 46.5 Å². The lowest BCUT2D eigenvalue weighted by atomic mass is 9.84. The first-order valence-corrected chi connectivity index (χ1v) is 7.62. The third-order valence-electron chi connectivity index (χ3n) is 4.61. The Labute approximate surface area is 121 Å². The molecule has 5 nitrogen and oxygen atoms in total. The summed E-state index contributed by atoms with van der Waals surface area (Å²) in [6, 6.07) is -0.437. The van der Waals surface area contributed by atoms with Crippen LogP contribution in [0, 0.1) is 17.8 Å². The first-order valence-electron chi connectivity index (χ1n) is 7.62. The van der Waals surface area contributed by atoms with E-state index in [2.05, 4.69) is 0 Å². The van der Waals surface area contributed by atoms with Crippen LogP contribution in [0.2, 0.25) is 0 Å². The Morgan fingerprint density at radius 2 is 2.05 bits per heavy atom. The molecule has 1 saturated heterocycles. The maximum absolute atomic E-state index is 12.4. The number of carboxylic acid groups (broad SMARTS) is 1. The van der Waals surface area contributed by atoms with Crippen molar-refractivity contribution < 1.29 is 14.7 Å². The Morgan fingerprint density at radius 3 is 2.60 bits per heavy atom. The van der Waals surface area contributed by atoms with Crippen molar-refractivity contribution in [2.24, 2.45) is 23.5 Å². The molecule has 1 aliphatic heterocycles. The number of carbonyl (C=O) groups is 2. The topological polar surface area (TPSA) is 83.6 Å². The fraction of sp³-hybridized carbons (Fsp3) is 0.867. The molecule has 116 valence electrons. The molecular weight excluding hydrogens is 256 g/mol. The zero-order chi connectivity index (χ0) is 15.3. The lowest BCUT2D eigenvalue weighted by Gasteiger charge is -2.37. The number of nitrogens with two attached hydrogens (primary N) is 1. The molecule has 3 N–H and O–H groups in total. The van der Waals surface area contributed by atoms with Crippen molar-refractivity contribution in [2.75, 3.05) is 13.1 Å². The van der Waals surface area contributed by atoms with Crippen LogP contribution in [-0.4, -0.2) is 41.0 Å². The molecule has 0 aromatic carbocycles. The minimum absolute atomic E-state index is 0.0200. The van der Waals surface area contributed by atoms with E-state index in [4.69, 9.17) is 10.8 Å². The number of hydrogen-bond donors (Lipinski definition) is 2. The maximum Gasteiger partial charge on any atom is 0.303 e. The molecule has 4 atom stereocenters. The minimum atomic E-state index is -0.766. The summed E-state index contributed by atoms with van der Waals surface area (Å²) in [4.78, 5) is 25.0. The first kappa shape index (κ1) is 17.0. The Kier molecular flexibility index (Phi) is 6.46. The van der Waals surface area contributed by atoms with E-state index in [0.29, 0.717) is 6.54 Å². The van der Waals surface area contributed by atoms with Gasteiger partial charge in [0.25, 0.3) is 0 Å². The maximum atomic E-state index is 12.4. The van der Waals surface area contributed by atoms with Crippen LogP contribution in [0.4, 0.5) is 0 Å². The van der Waals surface area contributed by atoms with Crippen molar-refractivity contribution >= 4 is 11.9 Å². The van der Waals surface area contributed by atoms with Crippen molar-refractivity contribution in [3.63, 3.8) is 0 Å². The summed E-state index contributed by atoms with van der Waals surface area (Å²) in [6.45, 7) is 7.39. The van der Waals surface area contributed by atoms with Gasteiger partial charge in [0.15, 0.2) is 0 Å². The van der Waals surface area contributed by atoms with Gasteiger partial charge in [-0.05, 0) is 30.6 Å².